The largest absolute Gasteiger partial charge is 0.493 e. The maximum Gasteiger partial charge on any atom is 0.228 e. The zero-order valence-corrected chi connectivity index (χ0v) is 12.2. The molecule has 4 nitrogen and oxygen atoms in total. The Morgan fingerprint density at radius 2 is 1.95 bits per heavy atom. The van der Waals surface area contributed by atoms with Gasteiger partial charge in [0.15, 0.2) is 0 Å². The van der Waals surface area contributed by atoms with E-state index >= 15 is 0 Å². The Morgan fingerprint density at radius 1 is 1.20 bits per heavy atom. The number of piperidine rings is 1. The summed E-state index contributed by atoms with van der Waals surface area (Å²) in [6, 6.07) is 8.19. The van der Waals surface area contributed by atoms with Crippen molar-refractivity contribution in [2.45, 2.75) is 31.2 Å². The summed E-state index contributed by atoms with van der Waals surface area (Å²) < 4.78 is 5.60. The van der Waals surface area contributed by atoms with Crippen LogP contribution >= 0.6 is 12.4 Å². The van der Waals surface area contributed by atoms with Crippen LogP contribution < -0.4 is 15.4 Å². The van der Waals surface area contributed by atoms with E-state index in [0.717, 1.165) is 43.7 Å². The number of para-hydroxylation sites is 1. The molecular weight excluding hydrogens is 276 g/mol. The lowest BCUT2D eigenvalue weighted by Gasteiger charge is -2.29. The van der Waals surface area contributed by atoms with Gasteiger partial charge in [0.2, 0.25) is 5.91 Å². The number of hydrogen-bond acceptors (Lipinski definition) is 3. The zero-order valence-electron chi connectivity index (χ0n) is 11.4. The van der Waals surface area contributed by atoms with Crippen LogP contribution in [0, 0.1) is 0 Å². The number of carbonyl (C=O) groups excluding carboxylic acids is 1. The van der Waals surface area contributed by atoms with Gasteiger partial charge >= 0.3 is 0 Å². The van der Waals surface area contributed by atoms with E-state index < -0.39 is 0 Å². The molecule has 5 heteroatoms. The van der Waals surface area contributed by atoms with Gasteiger partial charge in [-0.05, 0) is 38.4 Å². The maximum atomic E-state index is 12.4. The summed E-state index contributed by atoms with van der Waals surface area (Å²) >= 11 is 0. The Kier molecular flexibility index (Phi) is 5.26. The number of amides is 1. The summed E-state index contributed by atoms with van der Waals surface area (Å²) in [5.74, 6) is 0.960. The lowest BCUT2D eigenvalue weighted by molar-refractivity contribution is -0.124. The normalized spacial score (nSPS) is 22.1. The third-order valence-electron chi connectivity index (χ3n) is 3.96. The molecule has 1 amide bonds. The fraction of sp³-hybridized carbons (Fsp3) is 0.533. The van der Waals surface area contributed by atoms with Crippen molar-refractivity contribution in [2.75, 3.05) is 19.7 Å². The first-order valence-corrected chi connectivity index (χ1v) is 7.07. The minimum Gasteiger partial charge on any atom is -0.493 e. The molecule has 20 heavy (non-hydrogen) atoms. The van der Waals surface area contributed by atoms with Crippen molar-refractivity contribution in [3.63, 3.8) is 0 Å². The van der Waals surface area contributed by atoms with Crippen LogP contribution in [0.1, 0.15) is 30.7 Å². The fourth-order valence-corrected chi connectivity index (χ4v) is 2.88. The maximum absolute atomic E-state index is 12.4. The van der Waals surface area contributed by atoms with Crippen LogP contribution in [-0.4, -0.2) is 31.6 Å². The average molecular weight is 297 g/mol. The molecule has 1 unspecified atom stereocenters. The predicted octanol–water partition coefficient (Wildman–Crippen LogP) is 1.84. The second-order valence-corrected chi connectivity index (χ2v) is 5.26. The second-order valence-electron chi connectivity index (χ2n) is 5.26. The Labute approximate surface area is 125 Å². The molecule has 0 bridgehead atoms. The van der Waals surface area contributed by atoms with E-state index in [1.165, 1.54) is 0 Å². The van der Waals surface area contributed by atoms with E-state index in [2.05, 4.69) is 10.6 Å². The predicted molar refractivity (Wildman–Crippen MR) is 80.6 cm³/mol. The number of ether oxygens (including phenoxy) is 1. The van der Waals surface area contributed by atoms with E-state index in [4.69, 9.17) is 4.74 Å². The molecule has 1 fully saturated rings. The molecule has 3 rings (SSSR count). The van der Waals surface area contributed by atoms with Gasteiger partial charge in [-0.15, -0.1) is 12.4 Å². The SMILES string of the molecule is Cl.O=C(NC1CCNCC1)C1CCOc2ccccc21. The van der Waals surface area contributed by atoms with Gasteiger partial charge in [-0.1, -0.05) is 18.2 Å². The average Bonchev–Trinajstić information content (AvgIpc) is 2.47. The molecule has 2 N–H and O–H groups in total. The monoisotopic (exact) mass is 296 g/mol. The zero-order chi connectivity index (χ0) is 13.1. The second kappa shape index (κ2) is 6.95. The van der Waals surface area contributed by atoms with Crippen LogP contribution in [0.15, 0.2) is 24.3 Å². The molecule has 2 aliphatic heterocycles. The quantitative estimate of drug-likeness (QED) is 0.876. The van der Waals surface area contributed by atoms with Gasteiger partial charge in [0.1, 0.15) is 5.75 Å². The van der Waals surface area contributed by atoms with Gasteiger partial charge in [0, 0.05) is 11.6 Å². The van der Waals surface area contributed by atoms with Crippen molar-refractivity contribution >= 4 is 18.3 Å². The van der Waals surface area contributed by atoms with Gasteiger partial charge < -0.3 is 15.4 Å². The third-order valence-corrected chi connectivity index (χ3v) is 3.96. The van der Waals surface area contributed by atoms with Crippen molar-refractivity contribution < 1.29 is 9.53 Å². The molecule has 0 aromatic heterocycles. The summed E-state index contributed by atoms with van der Waals surface area (Å²) in [6.45, 7) is 2.62. The number of nitrogens with one attached hydrogen (secondary N) is 2. The van der Waals surface area contributed by atoms with Crippen LogP contribution in [0.5, 0.6) is 5.75 Å². The molecule has 110 valence electrons. The Morgan fingerprint density at radius 3 is 2.75 bits per heavy atom. The molecule has 0 saturated carbocycles. The summed E-state index contributed by atoms with van der Waals surface area (Å²) in [5.41, 5.74) is 1.03. The summed E-state index contributed by atoms with van der Waals surface area (Å²) in [5, 5.41) is 6.51. The van der Waals surface area contributed by atoms with Crippen molar-refractivity contribution in [3.05, 3.63) is 29.8 Å². The topological polar surface area (TPSA) is 50.4 Å². The standard InChI is InChI=1S/C15H20N2O2.ClH/c18-15(17-11-5-8-16-9-6-11)13-7-10-19-14-4-2-1-3-12(13)14;/h1-4,11,13,16H,5-10H2,(H,17,18);1H. The molecule has 2 heterocycles. The Balaban J connectivity index is 0.00000147. The smallest absolute Gasteiger partial charge is 0.228 e. The number of benzene rings is 1. The molecule has 0 aliphatic carbocycles. The lowest BCUT2D eigenvalue weighted by atomic mass is 9.91. The number of rotatable bonds is 2. The van der Waals surface area contributed by atoms with Crippen LogP contribution in [0.4, 0.5) is 0 Å². The Bertz CT molecular complexity index is 461. The van der Waals surface area contributed by atoms with Crippen molar-refractivity contribution in [3.8, 4) is 5.75 Å². The lowest BCUT2D eigenvalue weighted by Crippen LogP contribution is -2.45. The van der Waals surface area contributed by atoms with Gasteiger partial charge in [-0.25, -0.2) is 0 Å². The van der Waals surface area contributed by atoms with Gasteiger partial charge in [0.25, 0.3) is 0 Å². The highest BCUT2D eigenvalue weighted by Crippen LogP contribution is 2.33. The molecule has 1 saturated heterocycles. The molecule has 1 aromatic carbocycles. The molecule has 0 radical (unpaired) electrons. The summed E-state index contributed by atoms with van der Waals surface area (Å²) in [7, 11) is 0. The summed E-state index contributed by atoms with van der Waals surface area (Å²) in [6.07, 6.45) is 2.82. The molecule has 0 spiro atoms. The van der Waals surface area contributed by atoms with Crippen molar-refractivity contribution in [2.24, 2.45) is 0 Å². The van der Waals surface area contributed by atoms with Crippen LogP contribution in [0.3, 0.4) is 0 Å². The van der Waals surface area contributed by atoms with Crippen LogP contribution in [-0.2, 0) is 4.79 Å². The van der Waals surface area contributed by atoms with Crippen molar-refractivity contribution in [1.29, 1.82) is 0 Å². The first-order chi connectivity index (χ1) is 9.34. The molecule has 1 atom stereocenters. The van der Waals surface area contributed by atoms with E-state index in [0.29, 0.717) is 12.6 Å². The highest BCUT2D eigenvalue weighted by atomic mass is 35.5. The van der Waals surface area contributed by atoms with E-state index in [9.17, 15) is 4.79 Å². The molecular formula is C15H21ClN2O2. The van der Waals surface area contributed by atoms with E-state index in [1.54, 1.807) is 0 Å². The van der Waals surface area contributed by atoms with Gasteiger partial charge in [-0.2, -0.15) is 0 Å². The Hall–Kier alpha value is -1.26. The first-order valence-electron chi connectivity index (χ1n) is 7.07. The van der Waals surface area contributed by atoms with Gasteiger partial charge in [0.05, 0.1) is 12.5 Å². The minimum absolute atomic E-state index is 0. The minimum atomic E-state index is -0.0557. The van der Waals surface area contributed by atoms with Crippen molar-refractivity contribution in [1.82, 2.24) is 10.6 Å². The highest BCUT2D eigenvalue weighted by Gasteiger charge is 2.28. The highest BCUT2D eigenvalue weighted by molar-refractivity contribution is 5.85. The summed E-state index contributed by atoms with van der Waals surface area (Å²) in [4.78, 5) is 12.4. The third kappa shape index (κ3) is 3.25. The number of hydrogen-bond donors (Lipinski definition) is 2. The molecule has 1 aromatic rings. The number of fused-ring (bicyclic) bond motifs is 1. The molecule has 2 aliphatic rings. The van der Waals surface area contributed by atoms with Crippen LogP contribution in [0.2, 0.25) is 0 Å². The van der Waals surface area contributed by atoms with Crippen LogP contribution in [0.25, 0.3) is 0 Å². The van der Waals surface area contributed by atoms with E-state index in [-0.39, 0.29) is 24.2 Å². The number of carbonyl (C=O) groups is 1. The van der Waals surface area contributed by atoms with E-state index in [1.807, 2.05) is 24.3 Å². The number of halogens is 1. The fourth-order valence-electron chi connectivity index (χ4n) is 2.88. The first kappa shape index (κ1) is 15.1. The van der Waals surface area contributed by atoms with Gasteiger partial charge in [-0.3, -0.25) is 4.79 Å².